The second kappa shape index (κ2) is 8.01. The number of hydrogen-bond donors (Lipinski definition) is 2. The summed E-state index contributed by atoms with van der Waals surface area (Å²) in [7, 11) is 0. The number of hydrogen-bond acceptors (Lipinski definition) is 4. The fourth-order valence-electron chi connectivity index (χ4n) is 3.83. The SMILES string of the molecule is CC[C@@H](C=CC(=O)N1CCc2ccccc21)[C@@]1(C(N)=O)CNCCCO1. The first-order chi connectivity index (χ1) is 12.6. The third-order valence-electron chi connectivity index (χ3n) is 5.33. The Morgan fingerprint density at radius 1 is 1.42 bits per heavy atom. The lowest BCUT2D eigenvalue weighted by atomic mass is 9.83. The first-order valence-corrected chi connectivity index (χ1v) is 9.30. The van der Waals surface area contributed by atoms with Crippen molar-refractivity contribution in [2.75, 3.05) is 31.1 Å². The maximum absolute atomic E-state index is 12.7. The molecule has 3 rings (SSSR count). The lowest BCUT2D eigenvalue weighted by Gasteiger charge is -2.35. The van der Waals surface area contributed by atoms with Gasteiger partial charge in [0.25, 0.3) is 11.8 Å². The van der Waals surface area contributed by atoms with Crippen molar-refractivity contribution in [1.29, 1.82) is 0 Å². The molecule has 3 N–H and O–H groups in total. The van der Waals surface area contributed by atoms with Crippen LogP contribution in [0.25, 0.3) is 0 Å². The van der Waals surface area contributed by atoms with E-state index in [1.165, 1.54) is 5.56 Å². The number of nitrogens with zero attached hydrogens (tertiary/aromatic N) is 1. The van der Waals surface area contributed by atoms with Crippen LogP contribution < -0.4 is 16.0 Å². The molecule has 1 fully saturated rings. The van der Waals surface area contributed by atoms with Gasteiger partial charge >= 0.3 is 0 Å². The Bertz CT molecular complexity index is 693. The van der Waals surface area contributed by atoms with Crippen molar-refractivity contribution in [2.24, 2.45) is 11.7 Å². The number of benzene rings is 1. The third-order valence-corrected chi connectivity index (χ3v) is 5.33. The minimum absolute atomic E-state index is 0.0744. The zero-order chi connectivity index (χ0) is 18.6. The molecule has 1 aromatic rings. The minimum Gasteiger partial charge on any atom is -0.367 e. The van der Waals surface area contributed by atoms with E-state index in [9.17, 15) is 9.59 Å². The maximum atomic E-state index is 12.7. The van der Waals surface area contributed by atoms with Gasteiger partial charge in [-0.3, -0.25) is 9.59 Å². The number of fused-ring (bicyclic) bond motifs is 1. The normalized spacial score (nSPS) is 24.3. The zero-order valence-electron chi connectivity index (χ0n) is 15.2. The number of ether oxygens (including phenoxy) is 1. The molecule has 0 spiro atoms. The van der Waals surface area contributed by atoms with Crippen molar-refractivity contribution in [3.63, 3.8) is 0 Å². The van der Waals surface area contributed by atoms with E-state index >= 15 is 0 Å². The number of nitrogens with two attached hydrogens (primary N) is 1. The summed E-state index contributed by atoms with van der Waals surface area (Å²) in [5.41, 5.74) is 6.75. The van der Waals surface area contributed by atoms with Gasteiger partial charge in [0, 0.05) is 31.3 Å². The van der Waals surface area contributed by atoms with Gasteiger partial charge in [-0.05, 0) is 43.5 Å². The van der Waals surface area contributed by atoms with Crippen molar-refractivity contribution >= 4 is 17.5 Å². The minimum atomic E-state index is -1.11. The molecule has 2 aliphatic rings. The first-order valence-electron chi connectivity index (χ1n) is 9.30. The molecule has 6 nitrogen and oxygen atoms in total. The van der Waals surface area contributed by atoms with E-state index in [0.29, 0.717) is 26.1 Å². The molecule has 26 heavy (non-hydrogen) atoms. The fraction of sp³-hybridized carbons (Fsp3) is 0.500. The van der Waals surface area contributed by atoms with Crippen LogP contribution in [0.4, 0.5) is 5.69 Å². The van der Waals surface area contributed by atoms with Gasteiger partial charge in [0.15, 0.2) is 5.60 Å². The summed E-state index contributed by atoms with van der Waals surface area (Å²) in [5.74, 6) is -0.815. The van der Waals surface area contributed by atoms with Gasteiger partial charge in [-0.25, -0.2) is 0 Å². The van der Waals surface area contributed by atoms with Crippen LogP contribution in [0.3, 0.4) is 0 Å². The summed E-state index contributed by atoms with van der Waals surface area (Å²) in [4.78, 5) is 26.7. The topological polar surface area (TPSA) is 84.7 Å². The second-order valence-electron chi connectivity index (χ2n) is 6.87. The molecule has 0 saturated carbocycles. The van der Waals surface area contributed by atoms with E-state index in [2.05, 4.69) is 5.32 Å². The van der Waals surface area contributed by atoms with Crippen molar-refractivity contribution < 1.29 is 14.3 Å². The van der Waals surface area contributed by atoms with E-state index in [1.807, 2.05) is 31.2 Å². The van der Waals surface area contributed by atoms with Crippen molar-refractivity contribution in [3.8, 4) is 0 Å². The van der Waals surface area contributed by atoms with E-state index in [0.717, 1.165) is 25.1 Å². The molecule has 1 aromatic carbocycles. The van der Waals surface area contributed by atoms with E-state index in [-0.39, 0.29) is 11.8 Å². The summed E-state index contributed by atoms with van der Waals surface area (Å²) < 4.78 is 5.91. The zero-order valence-corrected chi connectivity index (χ0v) is 15.2. The Hall–Kier alpha value is -2.18. The van der Waals surface area contributed by atoms with E-state index in [1.54, 1.807) is 17.1 Å². The summed E-state index contributed by atoms with van der Waals surface area (Å²) in [6, 6.07) is 7.95. The van der Waals surface area contributed by atoms with Crippen LogP contribution in [-0.4, -0.2) is 43.7 Å². The highest BCUT2D eigenvalue weighted by molar-refractivity contribution is 6.03. The number of carbonyl (C=O) groups excluding carboxylic acids is 2. The monoisotopic (exact) mass is 357 g/mol. The highest BCUT2D eigenvalue weighted by atomic mass is 16.5. The number of primary amides is 1. The molecule has 0 radical (unpaired) electrons. The van der Waals surface area contributed by atoms with Crippen molar-refractivity contribution in [1.82, 2.24) is 5.32 Å². The second-order valence-corrected chi connectivity index (χ2v) is 6.87. The third kappa shape index (κ3) is 3.52. The summed E-state index contributed by atoms with van der Waals surface area (Å²) >= 11 is 0. The summed E-state index contributed by atoms with van der Waals surface area (Å²) in [5, 5.41) is 3.23. The van der Waals surface area contributed by atoms with Crippen molar-refractivity contribution in [2.45, 2.75) is 31.8 Å². The number of anilines is 1. The Morgan fingerprint density at radius 2 is 2.23 bits per heavy atom. The number of carbonyl (C=O) groups is 2. The van der Waals surface area contributed by atoms with Crippen LogP contribution in [0.1, 0.15) is 25.3 Å². The molecular formula is C20H27N3O3. The molecule has 6 heteroatoms. The molecule has 2 heterocycles. The molecule has 0 bridgehead atoms. The molecule has 0 aliphatic carbocycles. The van der Waals surface area contributed by atoms with E-state index in [4.69, 9.17) is 10.5 Å². The molecule has 0 unspecified atom stereocenters. The Labute approximate surface area is 154 Å². The van der Waals surface area contributed by atoms with E-state index < -0.39 is 11.5 Å². The predicted octanol–water partition coefficient (Wildman–Crippen LogP) is 1.39. The first kappa shape index (κ1) is 18.6. The van der Waals surface area contributed by atoms with Crippen LogP contribution in [0.15, 0.2) is 36.4 Å². The highest BCUT2D eigenvalue weighted by Crippen LogP contribution is 2.30. The smallest absolute Gasteiger partial charge is 0.251 e. The number of nitrogens with one attached hydrogen (secondary N) is 1. The molecule has 2 aliphatic heterocycles. The lowest BCUT2D eigenvalue weighted by Crippen LogP contribution is -2.56. The highest BCUT2D eigenvalue weighted by Gasteiger charge is 2.44. The van der Waals surface area contributed by atoms with Crippen LogP contribution in [0.5, 0.6) is 0 Å². The van der Waals surface area contributed by atoms with Gasteiger partial charge in [-0.2, -0.15) is 0 Å². The molecule has 1 saturated heterocycles. The summed E-state index contributed by atoms with van der Waals surface area (Å²) in [6.07, 6.45) is 5.71. The molecule has 2 amide bonds. The molecule has 0 aromatic heterocycles. The predicted molar refractivity (Wildman–Crippen MR) is 101 cm³/mol. The Balaban J connectivity index is 1.78. The van der Waals surface area contributed by atoms with Gasteiger partial charge in [-0.1, -0.05) is 31.2 Å². The molecule has 2 atom stereocenters. The number of rotatable bonds is 5. The molecular weight excluding hydrogens is 330 g/mol. The van der Waals surface area contributed by atoms with Crippen LogP contribution in [0.2, 0.25) is 0 Å². The summed E-state index contributed by atoms with van der Waals surface area (Å²) in [6.45, 7) is 4.29. The van der Waals surface area contributed by atoms with Gasteiger partial charge in [0.2, 0.25) is 0 Å². The van der Waals surface area contributed by atoms with Gasteiger partial charge in [0.05, 0.1) is 0 Å². The van der Waals surface area contributed by atoms with Crippen molar-refractivity contribution in [3.05, 3.63) is 42.0 Å². The number of amides is 2. The fourth-order valence-corrected chi connectivity index (χ4v) is 3.83. The van der Waals surface area contributed by atoms with Crippen LogP contribution in [-0.2, 0) is 20.7 Å². The number of para-hydroxylation sites is 1. The largest absolute Gasteiger partial charge is 0.367 e. The lowest BCUT2D eigenvalue weighted by molar-refractivity contribution is -0.147. The van der Waals surface area contributed by atoms with Gasteiger partial charge in [-0.15, -0.1) is 0 Å². The van der Waals surface area contributed by atoms with Gasteiger partial charge in [0.1, 0.15) is 0 Å². The molecule has 140 valence electrons. The average Bonchev–Trinajstić information content (AvgIpc) is 2.92. The Kier molecular flexibility index (Phi) is 5.74. The standard InChI is InChI=1S/C20H27N3O3/c1-2-16(20(19(21)25)14-22-11-5-13-26-20)8-9-18(24)23-12-10-15-6-3-4-7-17(15)23/h3-4,6-9,16,22H,2,5,10-14H2,1H3,(H2,21,25)/t16-,20+/m0/s1. The van der Waals surface area contributed by atoms with Gasteiger partial charge < -0.3 is 20.7 Å². The average molecular weight is 357 g/mol. The van der Waals surface area contributed by atoms with Crippen LogP contribution in [0, 0.1) is 5.92 Å². The quantitative estimate of drug-likeness (QED) is 0.780. The Morgan fingerprint density at radius 3 is 3.00 bits per heavy atom. The van der Waals surface area contributed by atoms with Crippen LogP contribution >= 0.6 is 0 Å². The maximum Gasteiger partial charge on any atom is 0.251 e.